The molecule has 1 aromatic rings. The maximum Gasteiger partial charge on any atom is 0.246 e. The van der Waals surface area contributed by atoms with E-state index in [1.165, 1.54) is 0 Å². The van der Waals surface area contributed by atoms with Crippen LogP contribution < -0.4 is 16.0 Å². The lowest BCUT2D eigenvalue weighted by Crippen LogP contribution is -2.61. The van der Waals surface area contributed by atoms with Crippen LogP contribution in [0.2, 0.25) is 0 Å². The van der Waals surface area contributed by atoms with Crippen LogP contribution in [0.15, 0.2) is 42.0 Å². The molecule has 0 bridgehead atoms. The third kappa shape index (κ3) is 7.66. The van der Waals surface area contributed by atoms with Crippen molar-refractivity contribution >= 4 is 17.7 Å². The summed E-state index contributed by atoms with van der Waals surface area (Å²) >= 11 is 0. The predicted molar refractivity (Wildman–Crippen MR) is 143 cm³/mol. The zero-order chi connectivity index (χ0) is 27.1. The highest BCUT2D eigenvalue weighted by Gasteiger charge is 2.41. The Hall–Kier alpha value is -2.67. The first-order valence-electron chi connectivity index (χ1n) is 12.3. The van der Waals surface area contributed by atoms with Crippen molar-refractivity contribution in [1.29, 1.82) is 0 Å². The van der Waals surface area contributed by atoms with Gasteiger partial charge in [0.1, 0.15) is 6.04 Å². The van der Waals surface area contributed by atoms with Crippen LogP contribution in [-0.2, 0) is 19.8 Å². The lowest BCUT2D eigenvalue weighted by Gasteiger charge is -2.40. The van der Waals surface area contributed by atoms with E-state index in [4.69, 9.17) is 0 Å². The summed E-state index contributed by atoms with van der Waals surface area (Å²) in [4.78, 5) is 41.1. The first kappa shape index (κ1) is 30.4. The second-order valence-corrected chi connectivity index (χ2v) is 11.2. The van der Waals surface area contributed by atoms with E-state index in [-0.39, 0.29) is 29.7 Å². The molecule has 7 nitrogen and oxygen atoms in total. The van der Waals surface area contributed by atoms with Crippen molar-refractivity contribution < 1.29 is 14.4 Å². The molecular weight excluding hydrogens is 440 g/mol. The van der Waals surface area contributed by atoms with Gasteiger partial charge in [-0.05, 0) is 30.9 Å². The average molecular weight is 487 g/mol. The van der Waals surface area contributed by atoms with Gasteiger partial charge in [-0.1, -0.05) is 84.9 Å². The summed E-state index contributed by atoms with van der Waals surface area (Å²) in [5.41, 5.74) is 0.532. The molecule has 3 N–H and O–H groups in total. The standard InChI is InChI=1S/C28H46N4O3/c1-18(2)21(17-19(3)24(33)30-10)32(11)26(35)23(27(4,5)6)31-25(34)22(29-9)28(7,8)20-15-13-12-14-16-20/h12-18,21-23,29H,1-11H3,(H,30,33)(H,31,34)/t21-,22-,23-/m1/s1. The highest BCUT2D eigenvalue weighted by atomic mass is 16.2. The highest BCUT2D eigenvalue weighted by Crippen LogP contribution is 2.29. The van der Waals surface area contributed by atoms with Gasteiger partial charge in [0, 0.05) is 25.1 Å². The third-order valence-corrected chi connectivity index (χ3v) is 6.67. The SMILES string of the molecule is CNC(=O)C(C)=C[C@H](C(C)C)N(C)C(=O)[C@@H](NC(=O)[C@@H](NC)C(C)(C)c1ccccc1)C(C)(C)C. The van der Waals surface area contributed by atoms with E-state index in [1.807, 2.05) is 84.9 Å². The maximum atomic E-state index is 13.8. The molecule has 0 aliphatic rings. The van der Waals surface area contributed by atoms with E-state index in [2.05, 4.69) is 16.0 Å². The molecule has 0 aromatic heterocycles. The molecule has 0 unspecified atom stereocenters. The predicted octanol–water partition coefficient (Wildman–Crippen LogP) is 3.26. The van der Waals surface area contributed by atoms with E-state index in [0.29, 0.717) is 5.57 Å². The van der Waals surface area contributed by atoms with E-state index in [9.17, 15) is 14.4 Å². The smallest absolute Gasteiger partial charge is 0.246 e. The fourth-order valence-corrected chi connectivity index (χ4v) is 4.36. The van der Waals surface area contributed by atoms with E-state index in [1.54, 1.807) is 33.0 Å². The van der Waals surface area contributed by atoms with Gasteiger partial charge in [0.15, 0.2) is 0 Å². The van der Waals surface area contributed by atoms with Crippen molar-refractivity contribution in [2.24, 2.45) is 11.3 Å². The number of carbonyl (C=O) groups excluding carboxylic acids is 3. The molecule has 196 valence electrons. The van der Waals surface area contributed by atoms with Gasteiger partial charge in [-0.3, -0.25) is 14.4 Å². The van der Waals surface area contributed by atoms with E-state index in [0.717, 1.165) is 5.56 Å². The lowest BCUT2D eigenvalue weighted by atomic mass is 9.76. The Kier molecular flexibility index (Phi) is 10.7. The molecule has 0 saturated heterocycles. The average Bonchev–Trinajstić information content (AvgIpc) is 2.79. The molecule has 7 heteroatoms. The Bertz CT molecular complexity index is 901. The minimum atomic E-state index is -0.752. The number of hydrogen-bond donors (Lipinski definition) is 3. The van der Waals surface area contributed by atoms with Crippen LogP contribution in [0.1, 0.15) is 61.0 Å². The van der Waals surface area contributed by atoms with Crippen molar-refractivity contribution in [2.45, 2.75) is 78.9 Å². The van der Waals surface area contributed by atoms with Gasteiger partial charge in [-0.25, -0.2) is 0 Å². The molecule has 1 rings (SSSR count). The molecule has 0 saturated carbocycles. The van der Waals surface area contributed by atoms with Crippen LogP contribution >= 0.6 is 0 Å². The Morgan fingerprint density at radius 3 is 1.91 bits per heavy atom. The first-order chi connectivity index (χ1) is 16.1. The van der Waals surface area contributed by atoms with Gasteiger partial charge in [-0.2, -0.15) is 0 Å². The number of rotatable bonds is 10. The molecule has 0 spiro atoms. The summed E-state index contributed by atoms with van der Waals surface area (Å²) < 4.78 is 0. The maximum absolute atomic E-state index is 13.8. The van der Waals surface area contributed by atoms with Gasteiger partial charge in [-0.15, -0.1) is 0 Å². The summed E-state index contributed by atoms with van der Waals surface area (Å²) in [7, 11) is 5.07. The minimum absolute atomic E-state index is 0.0712. The fourth-order valence-electron chi connectivity index (χ4n) is 4.36. The molecule has 1 aromatic carbocycles. The number of benzene rings is 1. The van der Waals surface area contributed by atoms with Crippen molar-refractivity contribution in [3.63, 3.8) is 0 Å². The second-order valence-electron chi connectivity index (χ2n) is 11.2. The molecule has 0 aliphatic heterocycles. The van der Waals surface area contributed by atoms with Crippen LogP contribution in [0.3, 0.4) is 0 Å². The third-order valence-electron chi connectivity index (χ3n) is 6.67. The molecule has 0 aliphatic carbocycles. The van der Waals surface area contributed by atoms with Gasteiger partial charge >= 0.3 is 0 Å². The molecule has 3 amide bonds. The fraction of sp³-hybridized carbons (Fsp3) is 0.607. The normalized spacial score (nSPS) is 15.3. The van der Waals surface area contributed by atoms with Crippen LogP contribution in [0.4, 0.5) is 0 Å². The summed E-state index contributed by atoms with van der Waals surface area (Å²) in [5, 5.41) is 8.84. The van der Waals surface area contributed by atoms with Crippen molar-refractivity contribution in [2.75, 3.05) is 21.1 Å². The summed E-state index contributed by atoms with van der Waals surface area (Å²) in [5.74, 6) is -0.543. The lowest BCUT2D eigenvalue weighted by molar-refractivity contribution is -0.140. The molecule has 35 heavy (non-hydrogen) atoms. The second kappa shape index (κ2) is 12.3. The minimum Gasteiger partial charge on any atom is -0.355 e. The van der Waals surface area contributed by atoms with Gasteiger partial charge in [0.05, 0.1) is 12.1 Å². The largest absolute Gasteiger partial charge is 0.355 e. The number of carbonyl (C=O) groups is 3. The number of amides is 3. The monoisotopic (exact) mass is 486 g/mol. The highest BCUT2D eigenvalue weighted by molar-refractivity contribution is 5.93. The van der Waals surface area contributed by atoms with Gasteiger partial charge in [0.25, 0.3) is 0 Å². The van der Waals surface area contributed by atoms with Crippen molar-refractivity contribution in [3.8, 4) is 0 Å². The molecular formula is C28H46N4O3. The van der Waals surface area contributed by atoms with Crippen LogP contribution in [0.25, 0.3) is 0 Å². The van der Waals surface area contributed by atoms with Gasteiger partial charge < -0.3 is 20.9 Å². The topological polar surface area (TPSA) is 90.5 Å². The van der Waals surface area contributed by atoms with Crippen LogP contribution in [0.5, 0.6) is 0 Å². The first-order valence-corrected chi connectivity index (χ1v) is 12.3. The van der Waals surface area contributed by atoms with E-state index < -0.39 is 22.9 Å². The van der Waals surface area contributed by atoms with E-state index >= 15 is 0 Å². The molecule has 0 heterocycles. The number of hydrogen-bond acceptors (Lipinski definition) is 4. The molecule has 3 atom stereocenters. The Balaban J connectivity index is 3.29. The van der Waals surface area contributed by atoms with Gasteiger partial charge in [0.2, 0.25) is 17.7 Å². The quantitative estimate of drug-likeness (QED) is 0.443. The number of nitrogens with one attached hydrogen (secondary N) is 3. The summed E-state index contributed by atoms with van der Waals surface area (Å²) in [6, 6.07) is 8.27. The summed E-state index contributed by atoms with van der Waals surface area (Å²) in [6.45, 7) is 15.6. The molecule has 0 fully saturated rings. The number of nitrogens with zero attached hydrogens (tertiary/aromatic N) is 1. The summed E-state index contributed by atoms with van der Waals surface area (Å²) in [6.07, 6.45) is 1.82. The Morgan fingerprint density at radius 2 is 1.49 bits per heavy atom. The number of likely N-dealkylation sites (N-methyl/N-ethyl adjacent to an activating group) is 3. The zero-order valence-electron chi connectivity index (χ0n) is 23.4. The zero-order valence-corrected chi connectivity index (χ0v) is 23.4. The van der Waals surface area contributed by atoms with Crippen molar-refractivity contribution in [3.05, 3.63) is 47.5 Å². The Morgan fingerprint density at radius 1 is 0.943 bits per heavy atom. The molecule has 0 radical (unpaired) electrons. The van der Waals surface area contributed by atoms with Crippen molar-refractivity contribution in [1.82, 2.24) is 20.9 Å². The van der Waals surface area contributed by atoms with Crippen LogP contribution in [-0.4, -0.2) is 61.9 Å². The Labute approximate surface area is 212 Å². The van der Waals surface area contributed by atoms with Crippen LogP contribution in [0, 0.1) is 11.3 Å².